The molecular formula is C48H56O27. The fourth-order valence-corrected chi connectivity index (χ4v) is 8.86. The molecule has 27 nitrogen and oxygen atoms in total. The number of benzene rings is 3. The molecule has 8 rings (SSSR count). The maximum atomic E-state index is 15.1. The van der Waals surface area contributed by atoms with E-state index in [9.17, 15) is 86.5 Å². The van der Waals surface area contributed by atoms with Crippen LogP contribution in [0.5, 0.6) is 28.7 Å². The second-order valence-corrected chi connectivity index (χ2v) is 18.2. The first-order valence-electron chi connectivity index (χ1n) is 23.2. The Labute approximate surface area is 422 Å². The van der Waals surface area contributed by atoms with E-state index >= 15 is 4.79 Å². The molecular weight excluding hydrogens is 1010 g/mol. The highest BCUT2D eigenvalue weighted by molar-refractivity contribution is 5.90. The van der Waals surface area contributed by atoms with Crippen molar-refractivity contribution < 1.29 is 129 Å². The predicted molar refractivity (Wildman–Crippen MR) is 245 cm³/mol. The van der Waals surface area contributed by atoms with E-state index in [2.05, 4.69) is 0 Å². The number of hydrogen-bond donors (Lipinski definition) is 16. The maximum Gasteiger partial charge on any atom is 0.330 e. The lowest BCUT2D eigenvalue weighted by atomic mass is 9.89. The first-order chi connectivity index (χ1) is 35.6. The molecule has 27 heteroatoms. The number of ether oxygens (including phenoxy) is 8. The van der Waals surface area contributed by atoms with E-state index < -0.39 is 193 Å². The molecule has 0 saturated carbocycles. The summed E-state index contributed by atoms with van der Waals surface area (Å²) in [6.07, 6.45) is -36.0. The van der Waals surface area contributed by atoms with Crippen molar-refractivity contribution >= 4 is 23.0 Å². The van der Waals surface area contributed by atoms with Gasteiger partial charge in [0.15, 0.2) is 18.2 Å². The molecule has 0 spiro atoms. The minimum absolute atomic E-state index is 0.0247. The molecule has 4 aromatic rings. The molecule has 4 aliphatic rings. The molecule has 0 bridgehead atoms. The van der Waals surface area contributed by atoms with Gasteiger partial charge in [0.2, 0.25) is 23.8 Å². The summed E-state index contributed by atoms with van der Waals surface area (Å²) in [5, 5.41) is 171. The van der Waals surface area contributed by atoms with Crippen LogP contribution >= 0.6 is 0 Å². The van der Waals surface area contributed by atoms with E-state index in [-0.39, 0.29) is 17.1 Å². The molecule has 0 amide bonds. The van der Waals surface area contributed by atoms with Gasteiger partial charge in [-0.25, -0.2) is 4.79 Å². The monoisotopic (exact) mass is 1060 g/mol. The highest BCUT2D eigenvalue weighted by Gasteiger charge is 2.52. The SMILES string of the molecule is C[C@H]1O[C@H](Oc2c(-c3ccc(O)cc3)oc3cc(O[C@@H]4O[C@H](COC(=O)/C=C/c5ccc(O)cc5)[C@@H](O)[C@H](O)[C@H]4O)c([C@@H]4O[C@H](CO)[C@@H](O)[C@H](O)[C@H]4O)c(O)c3c2=O)[C@@H](O[C@@H]2O[C@H](CO)[C@@H](O)[C@@H](O)[C@H]2O)[C@@H](O)[C@@H]1O. The summed E-state index contributed by atoms with van der Waals surface area (Å²) in [4.78, 5) is 27.8. The molecule has 0 aliphatic carbocycles. The lowest BCUT2D eigenvalue weighted by molar-refractivity contribution is -0.355. The van der Waals surface area contributed by atoms with Crippen molar-refractivity contribution in [3.8, 4) is 40.1 Å². The molecule has 4 aliphatic heterocycles. The van der Waals surface area contributed by atoms with Gasteiger partial charge in [-0.05, 0) is 55.0 Å². The second kappa shape index (κ2) is 22.9. The number of aliphatic hydroxyl groups is 13. The van der Waals surface area contributed by atoms with Gasteiger partial charge in [0, 0.05) is 17.7 Å². The van der Waals surface area contributed by atoms with Crippen LogP contribution in [0.25, 0.3) is 28.4 Å². The van der Waals surface area contributed by atoms with E-state index in [0.717, 1.165) is 12.1 Å². The van der Waals surface area contributed by atoms with Crippen LogP contribution in [0.4, 0.5) is 0 Å². The van der Waals surface area contributed by atoms with Gasteiger partial charge in [0.05, 0.1) is 24.9 Å². The molecule has 75 heavy (non-hydrogen) atoms. The third-order valence-electron chi connectivity index (χ3n) is 13.2. The van der Waals surface area contributed by atoms with Crippen LogP contribution in [-0.4, -0.2) is 224 Å². The zero-order valence-corrected chi connectivity index (χ0v) is 39.2. The number of phenols is 3. The topological polar surface area (TPSA) is 445 Å². The first kappa shape index (κ1) is 55.6. The zero-order valence-electron chi connectivity index (χ0n) is 39.2. The molecule has 3 aromatic carbocycles. The third kappa shape index (κ3) is 11.1. The predicted octanol–water partition coefficient (Wildman–Crippen LogP) is -4.43. The number of aromatic hydroxyl groups is 3. The number of esters is 1. The quantitative estimate of drug-likeness (QED) is 0.0418. The largest absolute Gasteiger partial charge is 0.508 e. The Kier molecular flexibility index (Phi) is 17.0. The minimum atomic E-state index is -2.22. The second-order valence-electron chi connectivity index (χ2n) is 18.2. The summed E-state index contributed by atoms with van der Waals surface area (Å²) in [6.45, 7) is -1.36. The zero-order chi connectivity index (χ0) is 54.3. The molecule has 4 saturated heterocycles. The third-order valence-corrected chi connectivity index (χ3v) is 13.2. The van der Waals surface area contributed by atoms with Crippen molar-refractivity contribution in [2.45, 2.75) is 130 Å². The van der Waals surface area contributed by atoms with Crippen LogP contribution in [0.2, 0.25) is 0 Å². The standard InChI is InChI=1S/C48H56O27/c1-16-29(54)38(63)45(75-47-41(66)36(61)31(56)24(14-50)72-47)48(68-16)74-44-34(59)27-21(69-42(44)18-5-9-20(52)10-6-18)12-22(28(33(27)58)43-39(64)35(60)30(55)23(13-49)70-43)71-46-40(65)37(62)32(57)25(73-46)15-67-26(53)11-4-17-2-7-19(51)8-3-17/h2-12,16,23-25,29-32,35-41,43,45-52,54-58,60-66H,13-15H2,1H3/b11-4+/t16-,23-,24-,25-,29-,30-,31-,32-,35+,36-,37+,38+,39-,40-,41-,43+,45+,46-,47+,48-/m1/s1. The Morgan fingerprint density at radius 3 is 1.80 bits per heavy atom. The Morgan fingerprint density at radius 2 is 1.17 bits per heavy atom. The maximum absolute atomic E-state index is 15.1. The number of rotatable bonds is 14. The minimum Gasteiger partial charge on any atom is -0.508 e. The van der Waals surface area contributed by atoms with Crippen LogP contribution in [0.3, 0.4) is 0 Å². The molecule has 20 atom stereocenters. The Morgan fingerprint density at radius 1 is 0.613 bits per heavy atom. The molecule has 1 aromatic heterocycles. The lowest BCUT2D eigenvalue weighted by Gasteiger charge is -2.45. The van der Waals surface area contributed by atoms with Gasteiger partial charge in [-0.15, -0.1) is 0 Å². The van der Waals surface area contributed by atoms with Gasteiger partial charge in [0.1, 0.15) is 132 Å². The number of hydrogen-bond acceptors (Lipinski definition) is 27. The molecule has 410 valence electrons. The normalized spacial score (nSPS) is 36.3. The Hall–Kier alpha value is -5.64. The Balaban J connectivity index is 1.22. The van der Waals surface area contributed by atoms with Crippen LogP contribution in [0, 0.1) is 0 Å². The summed E-state index contributed by atoms with van der Waals surface area (Å²) in [6, 6.07) is 11.4. The van der Waals surface area contributed by atoms with Crippen LogP contribution < -0.4 is 14.9 Å². The van der Waals surface area contributed by atoms with Crippen molar-refractivity contribution in [1.82, 2.24) is 0 Å². The summed E-state index contributed by atoms with van der Waals surface area (Å²) in [5.74, 6) is -4.57. The van der Waals surface area contributed by atoms with Crippen molar-refractivity contribution in [3.05, 3.63) is 82.0 Å². The van der Waals surface area contributed by atoms with Crippen molar-refractivity contribution in [2.24, 2.45) is 0 Å². The fourth-order valence-electron chi connectivity index (χ4n) is 8.86. The summed E-state index contributed by atoms with van der Waals surface area (Å²) in [5.41, 5.74) is -2.24. The highest BCUT2D eigenvalue weighted by Crippen LogP contribution is 2.47. The summed E-state index contributed by atoms with van der Waals surface area (Å²) < 4.78 is 52.2. The average molecular weight is 1060 g/mol. The summed E-state index contributed by atoms with van der Waals surface area (Å²) >= 11 is 0. The van der Waals surface area contributed by atoms with Crippen molar-refractivity contribution in [1.29, 1.82) is 0 Å². The number of fused-ring (bicyclic) bond motifs is 1. The molecule has 5 heterocycles. The smallest absolute Gasteiger partial charge is 0.330 e. The molecule has 0 radical (unpaired) electrons. The Bertz CT molecular complexity index is 2700. The van der Waals surface area contributed by atoms with Crippen molar-refractivity contribution in [2.75, 3.05) is 19.8 Å². The van der Waals surface area contributed by atoms with E-state index in [0.29, 0.717) is 5.56 Å². The van der Waals surface area contributed by atoms with Crippen molar-refractivity contribution in [3.63, 3.8) is 0 Å². The van der Waals surface area contributed by atoms with Gasteiger partial charge in [-0.3, -0.25) is 4.79 Å². The molecule has 16 N–H and O–H groups in total. The van der Waals surface area contributed by atoms with Gasteiger partial charge in [-0.2, -0.15) is 0 Å². The van der Waals surface area contributed by atoms with Gasteiger partial charge in [0.25, 0.3) is 0 Å². The fraction of sp³-hybridized carbons (Fsp3) is 0.500. The summed E-state index contributed by atoms with van der Waals surface area (Å²) in [7, 11) is 0. The highest BCUT2D eigenvalue weighted by atomic mass is 16.8. The van der Waals surface area contributed by atoms with E-state index in [1.165, 1.54) is 61.5 Å². The van der Waals surface area contributed by atoms with Crippen LogP contribution in [0.1, 0.15) is 24.2 Å². The molecule has 4 fully saturated rings. The average Bonchev–Trinajstić information content (AvgIpc) is 3.39. The van der Waals surface area contributed by atoms with Gasteiger partial charge >= 0.3 is 5.97 Å². The lowest BCUT2D eigenvalue weighted by Crippen LogP contribution is -2.64. The number of phenolic OH excluding ortho intramolecular Hbond substituents is 3. The number of carbonyl (C=O) groups excluding carboxylic acids is 1. The van der Waals surface area contributed by atoms with E-state index in [1.807, 2.05) is 0 Å². The first-order valence-corrected chi connectivity index (χ1v) is 23.2. The van der Waals surface area contributed by atoms with Gasteiger partial charge in [-0.1, -0.05) is 12.1 Å². The number of carbonyl (C=O) groups is 1. The number of aliphatic hydroxyl groups excluding tert-OH is 13. The van der Waals surface area contributed by atoms with Crippen LogP contribution in [0.15, 0.2) is 69.9 Å². The van der Waals surface area contributed by atoms with E-state index in [4.69, 9.17) is 42.3 Å². The van der Waals surface area contributed by atoms with Crippen LogP contribution in [-0.2, 0) is 33.2 Å². The van der Waals surface area contributed by atoms with Gasteiger partial charge < -0.3 is 124 Å². The molecule has 0 unspecified atom stereocenters. The van der Waals surface area contributed by atoms with E-state index in [1.54, 1.807) is 0 Å².